The SMILES string of the molecule is COc1cc2cc(CN(CCCO)C(=S)NC[C@H]3CCCO3)c(=O)[nH]c2cc1OC. The lowest BCUT2D eigenvalue weighted by Gasteiger charge is -2.26. The van der Waals surface area contributed by atoms with E-state index < -0.39 is 0 Å². The highest BCUT2D eigenvalue weighted by Gasteiger charge is 2.18. The van der Waals surface area contributed by atoms with Crippen LogP contribution >= 0.6 is 12.2 Å². The molecule has 0 amide bonds. The molecular weight excluding hydrogens is 406 g/mol. The van der Waals surface area contributed by atoms with Gasteiger partial charge in [0.05, 0.1) is 32.4 Å². The maximum atomic E-state index is 12.7. The summed E-state index contributed by atoms with van der Waals surface area (Å²) in [6.45, 7) is 2.34. The number of fused-ring (bicyclic) bond motifs is 1. The number of pyridine rings is 1. The number of thiocarbonyl (C=S) groups is 1. The third-order valence-corrected chi connectivity index (χ3v) is 5.57. The van der Waals surface area contributed by atoms with Crippen LogP contribution in [0.5, 0.6) is 11.5 Å². The number of aromatic nitrogens is 1. The van der Waals surface area contributed by atoms with Crippen molar-refractivity contribution in [1.29, 1.82) is 0 Å². The monoisotopic (exact) mass is 435 g/mol. The fourth-order valence-electron chi connectivity index (χ4n) is 3.53. The maximum Gasteiger partial charge on any atom is 0.253 e. The summed E-state index contributed by atoms with van der Waals surface area (Å²) in [6.07, 6.45) is 2.79. The molecule has 1 fully saturated rings. The molecule has 3 rings (SSSR count). The average molecular weight is 436 g/mol. The van der Waals surface area contributed by atoms with Gasteiger partial charge in [0.15, 0.2) is 16.6 Å². The summed E-state index contributed by atoms with van der Waals surface area (Å²) in [7, 11) is 3.13. The zero-order chi connectivity index (χ0) is 21.5. The quantitative estimate of drug-likeness (QED) is 0.513. The molecule has 9 heteroatoms. The van der Waals surface area contributed by atoms with Gasteiger partial charge in [0.1, 0.15) is 0 Å². The number of rotatable bonds is 9. The van der Waals surface area contributed by atoms with Crippen LogP contribution in [0.15, 0.2) is 23.0 Å². The molecule has 164 valence electrons. The Balaban J connectivity index is 1.80. The minimum atomic E-state index is -0.189. The van der Waals surface area contributed by atoms with Gasteiger partial charge in [-0.3, -0.25) is 4.79 Å². The summed E-state index contributed by atoms with van der Waals surface area (Å²) >= 11 is 5.56. The molecule has 0 radical (unpaired) electrons. The standard InChI is InChI=1S/C21H29N3O5S/c1-27-18-10-14-9-15(20(26)23-17(14)11-19(18)28-2)13-24(6-4-7-25)21(30)22-12-16-5-3-8-29-16/h9-11,16,25H,3-8,12-13H2,1-2H3,(H,22,30)(H,23,26)/t16-/m1/s1. The van der Waals surface area contributed by atoms with Crippen molar-refractivity contribution in [3.05, 3.63) is 34.1 Å². The lowest BCUT2D eigenvalue weighted by molar-refractivity contribution is 0.113. The molecule has 1 aromatic carbocycles. The molecule has 1 aliphatic rings. The summed E-state index contributed by atoms with van der Waals surface area (Å²) in [5.41, 5.74) is 1.06. The predicted molar refractivity (Wildman–Crippen MR) is 119 cm³/mol. The van der Waals surface area contributed by atoms with Crippen LogP contribution in [0.3, 0.4) is 0 Å². The first-order chi connectivity index (χ1) is 14.5. The average Bonchev–Trinajstić information content (AvgIpc) is 3.28. The van der Waals surface area contributed by atoms with E-state index in [2.05, 4.69) is 10.3 Å². The molecule has 0 saturated carbocycles. The molecule has 0 spiro atoms. The molecule has 1 aliphatic heterocycles. The van der Waals surface area contributed by atoms with Crippen molar-refractivity contribution in [2.75, 3.05) is 40.5 Å². The topological polar surface area (TPSA) is 96.0 Å². The van der Waals surface area contributed by atoms with Gasteiger partial charge in [0, 0.05) is 43.3 Å². The van der Waals surface area contributed by atoms with E-state index >= 15 is 0 Å². The van der Waals surface area contributed by atoms with Gasteiger partial charge in [-0.25, -0.2) is 0 Å². The Morgan fingerprint density at radius 1 is 1.33 bits per heavy atom. The van der Waals surface area contributed by atoms with Crippen molar-refractivity contribution < 1.29 is 19.3 Å². The smallest absolute Gasteiger partial charge is 0.253 e. The second-order valence-electron chi connectivity index (χ2n) is 7.24. The fraction of sp³-hybridized carbons (Fsp3) is 0.524. The molecule has 3 N–H and O–H groups in total. The van der Waals surface area contributed by atoms with Gasteiger partial charge in [0.2, 0.25) is 0 Å². The lowest BCUT2D eigenvalue weighted by atomic mass is 10.1. The molecular formula is C21H29N3O5S. The van der Waals surface area contributed by atoms with Crippen LogP contribution in [0.25, 0.3) is 10.9 Å². The molecule has 1 atom stereocenters. The Morgan fingerprint density at radius 3 is 2.77 bits per heavy atom. The second kappa shape index (κ2) is 10.6. The molecule has 2 heterocycles. The number of aliphatic hydroxyl groups is 1. The van der Waals surface area contributed by atoms with Gasteiger partial charge >= 0.3 is 0 Å². The number of ether oxygens (including phenoxy) is 3. The fourth-order valence-corrected chi connectivity index (χ4v) is 3.77. The Labute approximate surface area is 181 Å². The largest absolute Gasteiger partial charge is 0.493 e. The van der Waals surface area contributed by atoms with Crippen molar-refractivity contribution in [2.24, 2.45) is 0 Å². The van der Waals surface area contributed by atoms with E-state index in [1.165, 1.54) is 0 Å². The Bertz CT molecular complexity index is 927. The Morgan fingerprint density at radius 2 is 2.10 bits per heavy atom. The second-order valence-corrected chi connectivity index (χ2v) is 7.62. The molecule has 1 saturated heterocycles. The molecule has 8 nitrogen and oxygen atoms in total. The number of aliphatic hydroxyl groups excluding tert-OH is 1. The van der Waals surface area contributed by atoms with Crippen molar-refractivity contribution in [3.63, 3.8) is 0 Å². The van der Waals surface area contributed by atoms with Crippen LogP contribution in [-0.4, -0.2) is 66.7 Å². The van der Waals surface area contributed by atoms with Crippen molar-refractivity contribution in [3.8, 4) is 11.5 Å². The van der Waals surface area contributed by atoms with E-state index in [1.54, 1.807) is 20.3 Å². The zero-order valence-electron chi connectivity index (χ0n) is 17.4. The number of hydrogen-bond donors (Lipinski definition) is 3. The van der Waals surface area contributed by atoms with E-state index in [-0.39, 0.29) is 18.3 Å². The van der Waals surface area contributed by atoms with E-state index in [0.29, 0.717) is 53.7 Å². The number of aromatic amines is 1. The Hall–Kier alpha value is -2.36. The van der Waals surface area contributed by atoms with Gasteiger partial charge in [0.25, 0.3) is 5.56 Å². The first-order valence-corrected chi connectivity index (χ1v) is 10.5. The summed E-state index contributed by atoms with van der Waals surface area (Å²) in [5, 5.41) is 13.9. The Kier molecular flexibility index (Phi) is 7.89. The number of benzene rings is 1. The van der Waals surface area contributed by atoms with Crippen LogP contribution in [0.4, 0.5) is 0 Å². The highest BCUT2D eigenvalue weighted by atomic mass is 32.1. The molecule has 1 aromatic heterocycles. The normalized spacial score (nSPS) is 15.9. The van der Waals surface area contributed by atoms with E-state index in [1.807, 2.05) is 17.0 Å². The lowest BCUT2D eigenvalue weighted by Crippen LogP contribution is -2.43. The number of H-pyrrole nitrogens is 1. The molecule has 2 aromatic rings. The molecule has 0 unspecified atom stereocenters. The highest BCUT2D eigenvalue weighted by molar-refractivity contribution is 7.80. The molecule has 0 bridgehead atoms. The predicted octanol–water partition coefficient (Wildman–Crippen LogP) is 1.78. The zero-order valence-corrected chi connectivity index (χ0v) is 18.2. The number of methoxy groups -OCH3 is 2. The summed E-state index contributed by atoms with van der Waals surface area (Å²) in [6, 6.07) is 5.42. The van der Waals surface area contributed by atoms with E-state index in [0.717, 1.165) is 24.8 Å². The molecule has 30 heavy (non-hydrogen) atoms. The van der Waals surface area contributed by atoms with Gasteiger partial charge in [-0.2, -0.15) is 0 Å². The van der Waals surface area contributed by atoms with Crippen LogP contribution in [0, 0.1) is 0 Å². The first-order valence-electron chi connectivity index (χ1n) is 10.1. The van der Waals surface area contributed by atoms with Crippen molar-refractivity contribution >= 4 is 28.2 Å². The minimum absolute atomic E-state index is 0.0515. The first kappa shape index (κ1) is 22.3. The maximum absolute atomic E-state index is 12.7. The van der Waals surface area contributed by atoms with Crippen LogP contribution in [0.1, 0.15) is 24.8 Å². The summed E-state index contributed by atoms with van der Waals surface area (Å²) in [5.74, 6) is 1.14. The van der Waals surface area contributed by atoms with Crippen LogP contribution in [-0.2, 0) is 11.3 Å². The summed E-state index contributed by atoms with van der Waals surface area (Å²) in [4.78, 5) is 17.5. The van der Waals surface area contributed by atoms with Crippen LogP contribution in [0.2, 0.25) is 0 Å². The van der Waals surface area contributed by atoms with Crippen molar-refractivity contribution in [1.82, 2.24) is 15.2 Å². The third kappa shape index (κ3) is 5.41. The molecule has 0 aliphatic carbocycles. The highest BCUT2D eigenvalue weighted by Crippen LogP contribution is 2.31. The van der Waals surface area contributed by atoms with Crippen LogP contribution < -0.4 is 20.3 Å². The summed E-state index contributed by atoms with van der Waals surface area (Å²) < 4.78 is 16.3. The number of hydrogen-bond acceptors (Lipinski definition) is 6. The van der Waals surface area contributed by atoms with Gasteiger partial charge in [-0.1, -0.05) is 0 Å². The number of nitrogens with one attached hydrogen (secondary N) is 2. The van der Waals surface area contributed by atoms with Gasteiger partial charge in [-0.05, 0) is 43.6 Å². The van der Waals surface area contributed by atoms with Crippen molar-refractivity contribution in [2.45, 2.75) is 31.9 Å². The van der Waals surface area contributed by atoms with Gasteiger partial charge < -0.3 is 34.5 Å². The van der Waals surface area contributed by atoms with Gasteiger partial charge in [-0.15, -0.1) is 0 Å². The minimum Gasteiger partial charge on any atom is -0.493 e. The number of nitrogens with zero attached hydrogens (tertiary/aromatic N) is 1. The third-order valence-electron chi connectivity index (χ3n) is 5.16. The van der Waals surface area contributed by atoms with E-state index in [9.17, 15) is 9.90 Å². The van der Waals surface area contributed by atoms with E-state index in [4.69, 9.17) is 26.4 Å².